The van der Waals surface area contributed by atoms with Crippen LogP contribution in [0.5, 0.6) is 0 Å². The fourth-order valence-electron chi connectivity index (χ4n) is 1.56. The molecule has 2 aromatic rings. The van der Waals surface area contributed by atoms with Crippen molar-refractivity contribution in [2.24, 2.45) is 0 Å². The predicted octanol–water partition coefficient (Wildman–Crippen LogP) is 1.59. The lowest BCUT2D eigenvalue weighted by molar-refractivity contribution is 0.0690. The van der Waals surface area contributed by atoms with E-state index in [-0.39, 0.29) is 11.6 Å². The van der Waals surface area contributed by atoms with Crippen LogP contribution in [-0.4, -0.2) is 32.7 Å². The first-order valence-electron chi connectivity index (χ1n) is 5.34. The lowest BCUT2D eigenvalue weighted by Crippen LogP contribution is -2.07. The first-order valence-corrected chi connectivity index (χ1v) is 5.34. The van der Waals surface area contributed by atoms with Crippen LogP contribution >= 0.6 is 0 Å². The Hall–Kier alpha value is -2.11. The molecular formula is C11H14N4O2. The predicted molar refractivity (Wildman–Crippen MR) is 63.6 cm³/mol. The van der Waals surface area contributed by atoms with Crippen LogP contribution in [0.25, 0.3) is 5.65 Å². The van der Waals surface area contributed by atoms with Gasteiger partial charge in [-0.25, -0.2) is 9.78 Å². The second-order valence-electron chi connectivity index (χ2n) is 4.08. The highest BCUT2D eigenvalue weighted by atomic mass is 16.4. The maximum atomic E-state index is 10.9. The molecule has 0 saturated carbocycles. The Bertz CT molecular complexity index is 574. The average molecular weight is 234 g/mol. The molecule has 90 valence electrons. The lowest BCUT2D eigenvalue weighted by atomic mass is 10.1. The zero-order chi connectivity index (χ0) is 12.6. The zero-order valence-electron chi connectivity index (χ0n) is 9.93. The summed E-state index contributed by atoms with van der Waals surface area (Å²) in [5.41, 5.74) is 1.44. The smallest absolute Gasteiger partial charge is 0.354 e. The highest BCUT2D eigenvalue weighted by molar-refractivity contribution is 5.87. The summed E-state index contributed by atoms with van der Waals surface area (Å²) in [6, 6.07) is 3.27. The molecule has 2 aromatic heterocycles. The molecule has 2 heterocycles. The number of anilines is 1. The number of nitrogens with zero attached hydrogens (tertiary/aromatic N) is 3. The van der Waals surface area contributed by atoms with Gasteiger partial charge in [-0.3, -0.25) is 0 Å². The average Bonchev–Trinajstić information content (AvgIpc) is 2.71. The maximum absolute atomic E-state index is 10.9. The van der Waals surface area contributed by atoms with Crippen molar-refractivity contribution in [3.05, 3.63) is 23.5 Å². The van der Waals surface area contributed by atoms with Gasteiger partial charge in [-0.05, 0) is 5.92 Å². The van der Waals surface area contributed by atoms with Gasteiger partial charge in [0.1, 0.15) is 5.82 Å². The molecule has 0 atom stereocenters. The Morgan fingerprint density at radius 3 is 2.71 bits per heavy atom. The van der Waals surface area contributed by atoms with Gasteiger partial charge in [0, 0.05) is 19.2 Å². The molecule has 6 nitrogen and oxygen atoms in total. The SMILES string of the molecule is CNc1cc(C(=O)O)nc2cc(C(C)C)nn12. The summed E-state index contributed by atoms with van der Waals surface area (Å²) in [5.74, 6) is -0.162. The summed E-state index contributed by atoms with van der Waals surface area (Å²) in [6.07, 6.45) is 0. The van der Waals surface area contributed by atoms with Crippen LogP contribution in [-0.2, 0) is 0 Å². The first-order chi connectivity index (χ1) is 8.02. The van der Waals surface area contributed by atoms with E-state index in [1.807, 2.05) is 13.8 Å². The van der Waals surface area contributed by atoms with Gasteiger partial charge in [-0.2, -0.15) is 9.61 Å². The van der Waals surface area contributed by atoms with E-state index in [2.05, 4.69) is 15.4 Å². The van der Waals surface area contributed by atoms with Gasteiger partial charge in [0.15, 0.2) is 11.3 Å². The molecule has 0 radical (unpaired) electrons. The van der Waals surface area contributed by atoms with E-state index in [0.29, 0.717) is 11.5 Å². The number of hydrogen-bond donors (Lipinski definition) is 2. The second kappa shape index (κ2) is 4.04. The van der Waals surface area contributed by atoms with E-state index in [4.69, 9.17) is 5.11 Å². The molecule has 0 saturated heterocycles. The molecule has 0 bridgehead atoms. The third kappa shape index (κ3) is 1.93. The first kappa shape index (κ1) is 11.4. The van der Waals surface area contributed by atoms with Crippen LogP contribution in [0.2, 0.25) is 0 Å². The van der Waals surface area contributed by atoms with Crippen molar-refractivity contribution in [1.29, 1.82) is 0 Å². The Kier molecular flexibility index (Phi) is 2.71. The van der Waals surface area contributed by atoms with Gasteiger partial charge in [0.05, 0.1) is 5.69 Å². The fraction of sp³-hybridized carbons (Fsp3) is 0.364. The topological polar surface area (TPSA) is 79.5 Å². The zero-order valence-corrected chi connectivity index (χ0v) is 9.93. The number of rotatable bonds is 3. The largest absolute Gasteiger partial charge is 0.477 e. The van der Waals surface area contributed by atoms with E-state index in [1.54, 1.807) is 17.6 Å². The van der Waals surface area contributed by atoms with Crippen LogP contribution in [0.15, 0.2) is 12.1 Å². The summed E-state index contributed by atoms with van der Waals surface area (Å²) in [5, 5.41) is 16.3. The Morgan fingerprint density at radius 1 is 1.47 bits per heavy atom. The van der Waals surface area contributed by atoms with E-state index in [1.165, 1.54) is 6.07 Å². The molecule has 6 heteroatoms. The summed E-state index contributed by atoms with van der Waals surface area (Å²) in [4.78, 5) is 15.0. The lowest BCUT2D eigenvalue weighted by Gasteiger charge is -2.04. The summed E-state index contributed by atoms with van der Waals surface area (Å²) in [7, 11) is 1.72. The van der Waals surface area contributed by atoms with Crippen molar-refractivity contribution in [3.63, 3.8) is 0 Å². The van der Waals surface area contributed by atoms with Gasteiger partial charge in [0.2, 0.25) is 0 Å². The molecule has 0 amide bonds. The standard InChI is InChI=1S/C11H14N4O2/c1-6(2)7-4-10-13-8(11(16)17)5-9(12-3)15(10)14-7/h4-6,12H,1-3H3,(H,16,17). The number of aromatic carboxylic acids is 1. The number of nitrogens with one attached hydrogen (secondary N) is 1. The minimum atomic E-state index is -1.05. The number of aromatic nitrogens is 3. The number of carboxylic acid groups (broad SMARTS) is 1. The number of hydrogen-bond acceptors (Lipinski definition) is 4. The fourth-order valence-corrected chi connectivity index (χ4v) is 1.56. The number of fused-ring (bicyclic) bond motifs is 1. The van der Waals surface area contributed by atoms with Crippen LogP contribution in [0, 0.1) is 0 Å². The van der Waals surface area contributed by atoms with E-state index in [9.17, 15) is 4.79 Å². The molecule has 17 heavy (non-hydrogen) atoms. The molecule has 0 aliphatic rings. The van der Waals surface area contributed by atoms with Crippen LogP contribution in [0.1, 0.15) is 35.9 Å². The van der Waals surface area contributed by atoms with Gasteiger partial charge in [0.25, 0.3) is 0 Å². The monoisotopic (exact) mass is 234 g/mol. The summed E-state index contributed by atoms with van der Waals surface area (Å²) in [6.45, 7) is 4.05. The molecular weight excluding hydrogens is 220 g/mol. The van der Waals surface area contributed by atoms with Crippen molar-refractivity contribution in [1.82, 2.24) is 14.6 Å². The Balaban J connectivity index is 2.69. The van der Waals surface area contributed by atoms with Crippen molar-refractivity contribution in [2.75, 3.05) is 12.4 Å². The van der Waals surface area contributed by atoms with Crippen LogP contribution in [0.3, 0.4) is 0 Å². The molecule has 0 fully saturated rings. The number of carbonyl (C=O) groups is 1. The van der Waals surface area contributed by atoms with Crippen molar-refractivity contribution in [3.8, 4) is 0 Å². The van der Waals surface area contributed by atoms with Crippen molar-refractivity contribution >= 4 is 17.4 Å². The molecule has 0 unspecified atom stereocenters. The van der Waals surface area contributed by atoms with Crippen molar-refractivity contribution < 1.29 is 9.90 Å². The van der Waals surface area contributed by atoms with Crippen molar-refractivity contribution in [2.45, 2.75) is 19.8 Å². The highest BCUT2D eigenvalue weighted by Crippen LogP contribution is 2.18. The highest BCUT2D eigenvalue weighted by Gasteiger charge is 2.13. The Morgan fingerprint density at radius 2 is 2.18 bits per heavy atom. The maximum Gasteiger partial charge on any atom is 0.354 e. The summed E-state index contributed by atoms with van der Waals surface area (Å²) >= 11 is 0. The molecule has 0 aromatic carbocycles. The Labute approximate surface area is 98.3 Å². The normalized spacial score (nSPS) is 11.1. The third-order valence-electron chi connectivity index (χ3n) is 2.51. The number of carboxylic acids is 1. The molecule has 0 spiro atoms. The van der Waals surface area contributed by atoms with Crippen LogP contribution < -0.4 is 5.32 Å². The van der Waals surface area contributed by atoms with Crippen LogP contribution in [0.4, 0.5) is 5.82 Å². The quantitative estimate of drug-likeness (QED) is 0.843. The second-order valence-corrected chi connectivity index (χ2v) is 4.08. The molecule has 0 aliphatic carbocycles. The summed E-state index contributed by atoms with van der Waals surface area (Å²) < 4.78 is 1.61. The molecule has 2 rings (SSSR count). The van der Waals surface area contributed by atoms with Gasteiger partial charge < -0.3 is 10.4 Å². The van der Waals surface area contributed by atoms with Gasteiger partial charge in [-0.15, -0.1) is 0 Å². The minimum absolute atomic E-state index is 0.0112. The minimum Gasteiger partial charge on any atom is -0.477 e. The van der Waals surface area contributed by atoms with E-state index >= 15 is 0 Å². The molecule has 2 N–H and O–H groups in total. The molecule has 0 aliphatic heterocycles. The van der Waals surface area contributed by atoms with E-state index in [0.717, 1.165) is 5.69 Å². The van der Waals surface area contributed by atoms with E-state index < -0.39 is 5.97 Å². The van der Waals surface area contributed by atoms with Gasteiger partial charge >= 0.3 is 5.97 Å². The third-order valence-corrected chi connectivity index (χ3v) is 2.51. The van der Waals surface area contributed by atoms with Gasteiger partial charge in [-0.1, -0.05) is 13.8 Å².